The quantitative estimate of drug-likeness (QED) is 0.871. The summed E-state index contributed by atoms with van der Waals surface area (Å²) >= 11 is 0. The molecule has 2 aliphatic rings. The SMILES string of the molecule is C[C@H](C[S@@](C)=O)NC(=O)N1CCCC2(CCCCC2)CC1. The van der Waals surface area contributed by atoms with E-state index in [1.165, 1.54) is 38.5 Å². The third kappa shape index (κ3) is 4.97. The van der Waals surface area contributed by atoms with Crippen LogP contribution in [0.5, 0.6) is 0 Å². The zero-order chi connectivity index (χ0) is 15.3. The highest BCUT2D eigenvalue weighted by Gasteiger charge is 2.34. The number of rotatable bonds is 3. The number of nitrogens with one attached hydrogen (secondary N) is 1. The molecule has 5 heteroatoms. The van der Waals surface area contributed by atoms with Gasteiger partial charge in [-0.1, -0.05) is 19.3 Å². The molecule has 1 saturated heterocycles. The summed E-state index contributed by atoms with van der Waals surface area (Å²) in [6.45, 7) is 3.68. The standard InChI is InChI=1S/C16H30N2O2S/c1-14(13-21(2)20)17-15(19)18-11-6-9-16(10-12-18)7-4-3-5-8-16/h14H,3-13H2,1-2H3,(H,17,19)/t14-,21-/m1/s1. The number of urea groups is 1. The lowest BCUT2D eigenvalue weighted by Crippen LogP contribution is -2.46. The van der Waals surface area contributed by atoms with Gasteiger partial charge in [-0.25, -0.2) is 4.79 Å². The summed E-state index contributed by atoms with van der Waals surface area (Å²) in [6.07, 6.45) is 12.1. The predicted molar refractivity (Wildman–Crippen MR) is 87.9 cm³/mol. The molecule has 1 N–H and O–H groups in total. The maximum Gasteiger partial charge on any atom is 0.317 e. The monoisotopic (exact) mass is 314 g/mol. The molecule has 0 bridgehead atoms. The molecular weight excluding hydrogens is 284 g/mol. The van der Waals surface area contributed by atoms with E-state index in [0.29, 0.717) is 11.2 Å². The Hall–Kier alpha value is -0.580. The van der Waals surface area contributed by atoms with Crippen molar-refractivity contribution in [1.82, 2.24) is 10.2 Å². The van der Waals surface area contributed by atoms with Crippen LogP contribution in [0, 0.1) is 5.41 Å². The second kappa shape index (κ2) is 7.61. The van der Waals surface area contributed by atoms with Gasteiger partial charge in [0.15, 0.2) is 0 Å². The third-order valence-electron chi connectivity index (χ3n) is 5.10. The Morgan fingerprint density at radius 2 is 1.81 bits per heavy atom. The first-order valence-electron chi connectivity index (χ1n) is 8.36. The summed E-state index contributed by atoms with van der Waals surface area (Å²) in [4.78, 5) is 14.3. The summed E-state index contributed by atoms with van der Waals surface area (Å²) in [5.41, 5.74) is 0.518. The molecule has 2 atom stereocenters. The van der Waals surface area contributed by atoms with E-state index in [2.05, 4.69) is 5.32 Å². The van der Waals surface area contributed by atoms with E-state index in [1.807, 2.05) is 11.8 Å². The van der Waals surface area contributed by atoms with Crippen molar-refractivity contribution >= 4 is 16.8 Å². The second-order valence-corrected chi connectivity index (χ2v) is 8.47. The lowest BCUT2D eigenvalue weighted by Gasteiger charge is -2.36. The van der Waals surface area contributed by atoms with Crippen molar-refractivity contribution < 1.29 is 9.00 Å². The highest BCUT2D eigenvalue weighted by molar-refractivity contribution is 7.84. The molecule has 1 aliphatic carbocycles. The predicted octanol–water partition coefficient (Wildman–Crippen LogP) is 2.90. The average Bonchev–Trinajstić information content (AvgIpc) is 2.61. The van der Waals surface area contributed by atoms with Crippen LogP contribution in [-0.2, 0) is 10.8 Å². The van der Waals surface area contributed by atoms with Gasteiger partial charge in [-0.15, -0.1) is 0 Å². The van der Waals surface area contributed by atoms with Gasteiger partial charge in [0.2, 0.25) is 0 Å². The fourth-order valence-corrected chi connectivity index (χ4v) is 4.74. The van der Waals surface area contributed by atoms with Gasteiger partial charge in [0.25, 0.3) is 0 Å². The molecule has 122 valence electrons. The van der Waals surface area contributed by atoms with Gasteiger partial charge < -0.3 is 10.2 Å². The van der Waals surface area contributed by atoms with Crippen molar-refractivity contribution in [3.05, 3.63) is 0 Å². The zero-order valence-electron chi connectivity index (χ0n) is 13.5. The molecule has 4 nitrogen and oxygen atoms in total. The lowest BCUT2D eigenvalue weighted by atomic mass is 9.69. The molecule has 0 aromatic carbocycles. The Balaban J connectivity index is 1.84. The zero-order valence-corrected chi connectivity index (χ0v) is 14.3. The molecule has 0 aromatic heterocycles. The fraction of sp³-hybridized carbons (Fsp3) is 0.938. The van der Waals surface area contributed by atoms with Crippen LogP contribution in [-0.4, -0.2) is 46.3 Å². The van der Waals surface area contributed by atoms with E-state index >= 15 is 0 Å². The second-order valence-electron chi connectivity index (χ2n) is 6.99. The maximum atomic E-state index is 12.3. The van der Waals surface area contributed by atoms with Gasteiger partial charge >= 0.3 is 6.03 Å². The maximum absolute atomic E-state index is 12.3. The first kappa shape index (κ1) is 16.8. The molecule has 0 unspecified atom stereocenters. The van der Waals surface area contributed by atoms with E-state index in [9.17, 15) is 9.00 Å². The van der Waals surface area contributed by atoms with Gasteiger partial charge in [-0.05, 0) is 44.4 Å². The van der Waals surface area contributed by atoms with Crippen LogP contribution in [0.1, 0.15) is 58.3 Å². The first-order chi connectivity index (χ1) is 10.0. The topological polar surface area (TPSA) is 49.4 Å². The van der Waals surface area contributed by atoms with Crippen LogP contribution in [0.4, 0.5) is 4.79 Å². The fourth-order valence-electron chi connectivity index (χ4n) is 3.95. The third-order valence-corrected chi connectivity index (χ3v) is 6.07. The van der Waals surface area contributed by atoms with Crippen LogP contribution < -0.4 is 5.32 Å². The summed E-state index contributed by atoms with van der Waals surface area (Å²) in [5.74, 6) is 0.531. The molecule has 0 radical (unpaired) electrons. The summed E-state index contributed by atoms with van der Waals surface area (Å²) in [6, 6.07) is 0.0102. The van der Waals surface area contributed by atoms with Gasteiger partial charge in [-0.2, -0.15) is 0 Å². The van der Waals surface area contributed by atoms with Crippen LogP contribution >= 0.6 is 0 Å². The number of carbonyl (C=O) groups is 1. The largest absolute Gasteiger partial charge is 0.335 e. The van der Waals surface area contributed by atoms with Crippen molar-refractivity contribution in [1.29, 1.82) is 0 Å². The number of carbonyl (C=O) groups excluding carboxylic acids is 1. The molecule has 1 heterocycles. The van der Waals surface area contributed by atoms with Crippen molar-refractivity contribution in [3.8, 4) is 0 Å². The molecular formula is C16H30N2O2S. The van der Waals surface area contributed by atoms with Crippen LogP contribution in [0.15, 0.2) is 0 Å². The number of hydrogen-bond acceptors (Lipinski definition) is 2. The van der Waals surface area contributed by atoms with E-state index < -0.39 is 10.8 Å². The highest BCUT2D eigenvalue weighted by Crippen LogP contribution is 2.44. The summed E-state index contributed by atoms with van der Waals surface area (Å²) in [5, 5.41) is 2.99. The minimum atomic E-state index is -0.863. The minimum Gasteiger partial charge on any atom is -0.335 e. The smallest absolute Gasteiger partial charge is 0.317 e. The van der Waals surface area contributed by atoms with Gasteiger partial charge in [0.05, 0.1) is 0 Å². The van der Waals surface area contributed by atoms with Gasteiger partial charge in [-0.3, -0.25) is 4.21 Å². The molecule has 0 aromatic rings. The highest BCUT2D eigenvalue weighted by atomic mass is 32.2. The minimum absolute atomic E-state index is 0.0183. The Bertz CT molecular complexity index is 380. The summed E-state index contributed by atoms with van der Waals surface area (Å²) < 4.78 is 11.2. The van der Waals surface area contributed by atoms with E-state index in [-0.39, 0.29) is 12.1 Å². The first-order valence-corrected chi connectivity index (χ1v) is 10.1. The molecule has 2 amide bonds. The number of amides is 2. The van der Waals surface area contributed by atoms with Crippen molar-refractivity contribution in [3.63, 3.8) is 0 Å². The molecule has 1 saturated carbocycles. The molecule has 1 spiro atoms. The van der Waals surface area contributed by atoms with E-state index in [1.54, 1.807) is 6.26 Å². The average molecular weight is 314 g/mol. The number of likely N-dealkylation sites (tertiary alicyclic amines) is 1. The molecule has 1 aliphatic heterocycles. The Labute approximate surface area is 131 Å². The molecule has 2 rings (SSSR count). The van der Waals surface area contributed by atoms with Crippen molar-refractivity contribution in [2.75, 3.05) is 25.1 Å². The number of nitrogens with zero attached hydrogens (tertiary/aromatic N) is 1. The van der Waals surface area contributed by atoms with Crippen LogP contribution in [0.3, 0.4) is 0 Å². The van der Waals surface area contributed by atoms with Gasteiger partial charge in [0.1, 0.15) is 0 Å². The summed E-state index contributed by atoms with van der Waals surface area (Å²) in [7, 11) is -0.863. The Kier molecular flexibility index (Phi) is 6.08. The molecule has 21 heavy (non-hydrogen) atoms. The van der Waals surface area contributed by atoms with E-state index in [4.69, 9.17) is 0 Å². The lowest BCUT2D eigenvalue weighted by molar-refractivity contribution is 0.157. The Morgan fingerprint density at radius 3 is 2.48 bits per heavy atom. The molecule has 2 fully saturated rings. The van der Waals surface area contributed by atoms with E-state index in [0.717, 1.165) is 25.9 Å². The number of hydrogen-bond donors (Lipinski definition) is 1. The Morgan fingerprint density at radius 1 is 1.14 bits per heavy atom. The van der Waals surface area contributed by atoms with Crippen LogP contribution in [0.2, 0.25) is 0 Å². The normalized spacial score (nSPS) is 25.1. The van der Waals surface area contributed by atoms with Crippen LogP contribution in [0.25, 0.3) is 0 Å². The van der Waals surface area contributed by atoms with Gasteiger partial charge in [0, 0.05) is 41.9 Å². The van der Waals surface area contributed by atoms with Crippen molar-refractivity contribution in [2.45, 2.75) is 64.3 Å². The van der Waals surface area contributed by atoms with Crippen molar-refractivity contribution in [2.24, 2.45) is 5.41 Å².